The molecule has 1 saturated heterocycles. The molecule has 0 bridgehead atoms. The number of aliphatic hydroxyl groups excluding tert-OH is 1. The van der Waals surface area contributed by atoms with Gasteiger partial charge in [0, 0.05) is 78.6 Å². The highest BCUT2D eigenvalue weighted by Gasteiger charge is 2.39. The van der Waals surface area contributed by atoms with Gasteiger partial charge in [0.2, 0.25) is 88.6 Å². The summed E-state index contributed by atoms with van der Waals surface area (Å²) in [5.41, 5.74) is 12.7. The summed E-state index contributed by atoms with van der Waals surface area (Å²) in [5.74, 6) is -20.3. The van der Waals surface area contributed by atoms with Crippen LogP contribution in [0.2, 0.25) is 0 Å². The van der Waals surface area contributed by atoms with Crippen LogP contribution in [0.15, 0.2) is 55.5 Å². The Morgan fingerprint density at radius 2 is 1.12 bits per heavy atom. The van der Waals surface area contributed by atoms with Gasteiger partial charge in [0.05, 0.1) is 38.1 Å². The molecule has 4 aromatic rings. The number of nitrogens with zero attached hydrogens (tertiary/aromatic N) is 2. The van der Waals surface area contributed by atoms with Crippen LogP contribution < -0.4 is 80.6 Å². The maximum atomic E-state index is 14.7. The van der Waals surface area contributed by atoms with Gasteiger partial charge in [-0.2, -0.15) is 0 Å². The number of aromatic nitrogens is 5. The first-order valence-corrected chi connectivity index (χ1v) is 35.7. The summed E-state index contributed by atoms with van der Waals surface area (Å²) in [6.45, 7) is 12.1. The molecule has 0 saturated carbocycles. The Bertz CT molecular complexity index is 3720. The van der Waals surface area contributed by atoms with Crippen molar-refractivity contribution in [1.29, 1.82) is 0 Å². The smallest absolute Gasteiger partial charge is 0.305 e. The van der Waals surface area contributed by atoms with Gasteiger partial charge in [-0.15, -0.1) is 0 Å². The number of nitrogens with two attached hydrogens (primary N) is 2. The highest BCUT2D eigenvalue weighted by atomic mass is 33.1. The molecule has 568 valence electrons. The van der Waals surface area contributed by atoms with E-state index in [0.717, 1.165) is 28.5 Å². The van der Waals surface area contributed by atoms with Crippen LogP contribution >= 0.6 is 21.6 Å². The molecule has 104 heavy (non-hydrogen) atoms. The molecule has 1 aliphatic rings. The number of benzene rings is 1. The first kappa shape index (κ1) is 84.0. The second-order valence-corrected chi connectivity index (χ2v) is 28.1. The lowest BCUT2D eigenvalue weighted by molar-refractivity contribution is -0.142. The van der Waals surface area contributed by atoms with Crippen LogP contribution in [0.3, 0.4) is 0 Å². The van der Waals surface area contributed by atoms with Gasteiger partial charge >= 0.3 is 5.97 Å². The monoisotopic (exact) mass is 1490 g/mol. The number of imidazole rings is 2. The largest absolute Gasteiger partial charge is 0.481 e. The molecule has 22 N–H and O–H groups in total. The number of fused-ring (bicyclic) bond motifs is 1. The zero-order chi connectivity index (χ0) is 77.2. The van der Waals surface area contributed by atoms with Crippen molar-refractivity contribution in [2.24, 2.45) is 29.2 Å². The number of primary amides is 2. The summed E-state index contributed by atoms with van der Waals surface area (Å²) in [7, 11) is 1.67. The van der Waals surface area contributed by atoms with E-state index in [1.165, 1.54) is 72.8 Å². The van der Waals surface area contributed by atoms with E-state index in [-0.39, 0.29) is 36.4 Å². The Morgan fingerprint density at radius 1 is 0.596 bits per heavy atom. The molecule has 0 aliphatic carbocycles. The van der Waals surface area contributed by atoms with Crippen molar-refractivity contribution in [3.63, 3.8) is 0 Å². The van der Waals surface area contributed by atoms with Gasteiger partial charge in [-0.25, -0.2) is 9.97 Å². The van der Waals surface area contributed by atoms with Crippen molar-refractivity contribution in [3.05, 3.63) is 72.5 Å². The fourth-order valence-electron chi connectivity index (χ4n) is 10.5. The van der Waals surface area contributed by atoms with E-state index in [4.69, 9.17) is 11.5 Å². The number of hydrogen-bond acceptors (Lipinski definition) is 21. The second kappa shape index (κ2) is 40.3. The van der Waals surface area contributed by atoms with Crippen molar-refractivity contribution < 1.29 is 86.9 Å². The van der Waals surface area contributed by atoms with Crippen LogP contribution in [0.4, 0.5) is 0 Å². The Balaban J connectivity index is 1.61. The minimum Gasteiger partial charge on any atom is -0.481 e. The number of amides is 15. The van der Waals surface area contributed by atoms with Crippen LogP contribution in [0, 0.1) is 17.8 Å². The van der Waals surface area contributed by atoms with Gasteiger partial charge in [0.25, 0.3) is 0 Å². The van der Waals surface area contributed by atoms with E-state index in [0.29, 0.717) is 22.9 Å². The van der Waals surface area contributed by atoms with Crippen molar-refractivity contribution >= 4 is 127 Å². The van der Waals surface area contributed by atoms with Crippen LogP contribution in [0.25, 0.3) is 10.9 Å². The summed E-state index contributed by atoms with van der Waals surface area (Å²) in [4.78, 5) is 239. The first-order chi connectivity index (χ1) is 49.1. The molecule has 15 amide bonds. The number of hydrogen-bond donors (Lipinski definition) is 20. The van der Waals surface area contributed by atoms with E-state index in [2.05, 4.69) is 94.0 Å². The zero-order valence-corrected chi connectivity index (χ0v) is 60.2. The van der Waals surface area contributed by atoms with Crippen LogP contribution in [0.5, 0.6) is 0 Å². The van der Waals surface area contributed by atoms with E-state index < -0.39 is 216 Å². The summed E-state index contributed by atoms with van der Waals surface area (Å²) < 4.78 is 0. The highest BCUT2D eigenvalue weighted by molar-refractivity contribution is 8.76. The van der Waals surface area contributed by atoms with Crippen molar-refractivity contribution in [3.8, 4) is 0 Å². The Labute approximate surface area is 604 Å². The zero-order valence-electron chi connectivity index (χ0n) is 58.6. The van der Waals surface area contributed by atoms with Gasteiger partial charge in [0.1, 0.15) is 72.5 Å². The maximum absolute atomic E-state index is 14.7. The van der Waals surface area contributed by atoms with Gasteiger partial charge < -0.3 is 106 Å². The number of rotatable bonds is 21. The number of carbonyl (C=O) groups is 16. The van der Waals surface area contributed by atoms with E-state index in [1.54, 1.807) is 38.1 Å². The van der Waals surface area contributed by atoms with Gasteiger partial charge in [0.15, 0.2) is 0 Å². The quantitative estimate of drug-likeness (QED) is 0.0346. The summed E-state index contributed by atoms with van der Waals surface area (Å²) in [6.07, 6.45) is 2.44. The normalized spacial score (nSPS) is 23.7. The number of H-pyrrole nitrogens is 3. The third-order valence-corrected chi connectivity index (χ3v) is 18.9. The lowest BCUT2D eigenvalue weighted by atomic mass is 9.97. The summed E-state index contributed by atoms with van der Waals surface area (Å²) in [6, 6.07) is -12.9. The molecule has 5 rings (SSSR count). The van der Waals surface area contributed by atoms with E-state index >= 15 is 0 Å². The third kappa shape index (κ3) is 26.0. The van der Waals surface area contributed by atoms with Crippen LogP contribution in [-0.4, -0.2) is 226 Å². The average Bonchev–Trinajstić information content (AvgIpc) is 1.37. The molecule has 1 aliphatic heterocycles. The van der Waals surface area contributed by atoms with E-state index in [1.807, 2.05) is 0 Å². The Hall–Kier alpha value is -10.6. The number of para-hydroxylation sites is 1. The van der Waals surface area contributed by atoms with Crippen molar-refractivity contribution in [2.45, 2.75) is 179 Å². The number of aliphatic carboxylic acids is 1. The molecule has 40 heteroatoms. The lowest BCUT2D eigenvalue weighted by Crippen LogP contribution is -2.62. The Morgan fingerprint density at radius 3 is 1.65 bits per heavy atom. The Kier molecular flexibility index (Phi) is 32.5. The minimum absolute atomic E-state index is 0.288. The first-order valence-electron chi connectivity index (χ1n) is 33.2. The number of carboxylic acid groups (broad SMARTS) is 1. The SMILES string of the molecule is CC[C@H](C)[C@H](NC(C)=O)C(=O)N[C@H]1CSSC[C@@H](C(=O)N[C@H](C(N)=O)[C@@H](C)O)NC(=O)[C@H](C)NC(=O)[C@H](Cc2cnc[nH]2)NC(=O)[C@H](Cc2cnc[nH]2)NC(=O)CNC(=O)[C@H](Cc2c[nH]c3ccccc23)NC(=O)[C@H](CC(=O)O)NC(=O)[C@H](CC(N)=O)NC(=O)[C@H](C(C)C)NC(=O)[C@H](C(C)C)NC1=O. The lowest BCUT2D eigenvalue weighted by Gasteiger charge is -2.30. The highest BCUT2D eigenvalue weighted by Crippen LogP contribution is 2.25. The summed E-state index contributed by atoms with van der Waals surface area (Å²) in [5, 5.41) is 53.2. The molecule has 3 aromatic heterocycles. The minimum atomic E-state index is -2.07. The molecular weight excluding hydrogens is 1400 g/mol. The van der Waals surface area contributed by atoms with Gasteiger partial charge in [-0.05, 0) is 43.2 Å². The maximum Gasteiger partial charge on any atom is 0.305 e. The second-order valence-electron chi connectivity index (χ2n) is 25.6. The molecule has 38 nitrogen and oxygen atoms in total. The molecule has 0 radical (unpaired) electrons. The average molecular weight is 1490 g/mol. The number of aliphatic hydroxyl groups is 1. The van der Waals surface area contributed by atoms with Gasteiger partial charge in [-0.3, -0.25) is 76.7 Å². The number of aromatic amines is 3. The van der Waals surface area contributed by atoms with Crippen molar-refractivity contribution in [1.82, 2.24) is 94.0 Å². The molecule has 1 fully saturated rings. The molecule has 1 aromatic carbocycles. The topological polar surface area (TPSA) is 595 Å². The van der Waals surface area contributed by atoms with Crippen molar-refractivity contribution in [2.75, 3.05) is 18.1 Å². The predicted octanol–water partition coefficient (Wildman–Crippen LogP) is -5.42. The molecule has 4 heterocycles. The molecule has 14 atom stereocenters. The van der Waals surface area contributed by atoms with E-state index in [9.17, 15) is 86.9 Å². The van der Waals surface area contributed by atoms with Gasteiger partial charge in [-0.1, -0.05) is 87.8 Å². The number of carbonyl (C=O) groups excluding carboxylic acids is 15. The standard InChI is InChI=1S/C64H92N20O18S2/c1-10-30(6)51(74-33(9)86)64(102)81-45-25-104-103-24-44(61(99)84-52(32(8)85)53(66)91)80-54(92)31(7)73-56(94)41(17-36-22-68-27-72-36)77-57(95)40(16-35-21-67-26-71-35)75-47(88)23-70-55(93)39(15-34-20-69-38-14-12-11-13-37(34)38)76-59(97)43(19-48(89)90)78-58(96)42(18-46(65)87)79-62(100)49(28(2)3)83-63(101)50(29(4)5)82-60(45)98/h11-14,20-22,26-32,39-45,49-52,69,85H,10,15-19,23-25H2,1-9H3,(H2,65,87)(H2,66,91)(H,67,71)(H,68,72)(H,70,93)(H,73,94)(H,74,86)(H,75,88)(H,76,97)(H,77,95)(H,78,96)(H,79,100)(H,80,92)(H,81,102)(H,82,98)(H,83,101)(H,84,99)(H,89,90)/t30-,31-,32+,39-,40-,41-,42-,43-,44-,45-,49-,50-,51-,52-/m0/s1. The van der Waals surface area contributed by atoms with Crippen LogP contribution in [0.1, 0.15) is 98.5 Å². The number of nitrogens with one attached hydrogen (secondary N) is 16. The fraction of sp³-hybridized carbons (Fsp3) is 0.531. The molecule has 0 unspecified atom stereocenters. The third-order valence-electron chi connectivity index (χ3n) is 16.5. The predicted molar refractivity (Wildman–Crippen MR) is 375 cm³/mol. The number of carboxylic acids is 1. The fourth-order valence-corrected chi connectivity index (χ4v) is 12.8. The molecular formula is C64H92N20O18S2. The molecule has 0 spiro atoms. The summed E-state index contributed by atoms with van der Waals surface area (Å²) >= 11 is 0. The van der Waals surface area contributed by atoms with Crippen LogP contribution in [-0.2, 0) is 96.0 Å².